The molecule has 1 atom stereocenters. The van der Waals surface area contributed by atoms with E-state index in [0.29, 0.717) is 19.4 Å². The summed E-state index contributed by atoms with van der Waals surface area (Å²) in [6, 6.07) is -0.303. The van der Waals surface area contributed by atoms with E-state index in [-0.39, 0.29) is 17.9 Å². The minimum Gasteiger partial charge on any atom is -0.354 e. The first-order chi connectivity index (χ1) is 8.25. The molecule has 1 aliphatic heterocycles. The monoisotopic (exact) mass is 236 g/mol. The molecule has 1 aliphatic carbocycles. The molecule has 0 aromatic carbocycles. The van der Waals surface area contributed by atoms with Crippen LogP contribution in [0.1, 0.15) is 44.9 Å². The lowest BCUT2D eigenvalue weighted by Gasteiger charge is -2.14. The molecule has 0 saturated carbocycles. The predicted molar refractivity (Wildman–Crippen MR) is 65.3 cm³/mol. The van der Waals surface area contributed by atoms with Gasteiger partial charge in [0.05, 0.1) is 0 Å². The Kier molecular flexibility index (Phi) is 4.18. The van der Waals surface area contributed by atoms with Crippen LogP contribution in [0, 0.1) is 0 Å². The van der Waals surface area contributed by atoms with Crippen LogP contribution in [0.5, 0.6) is 0 Å². The van der Waals surface area contributed by atoms with E-state index in [2.05, 4.69) is 16.7 Å². The summed E-state index contributed by atoms with van der Waals surface area (Å²) in [5.41, 5.74) is 1.46. The van der Waals surface area contributed by atoms with E-state index >= 15 is 0 Å². The van der Waals surface area contributed by atoms with Crippen molar-refractivity contribution >= 4 is 11.8 Å². The Balaban J connectivity index is 1.66. The number of hydrogen-bond donors (Lipinski definition) is 2. The molecule has 2 N–H and O–H groups in total. The zero-order valence-electron chi connectivity index (χ0n) is 10.1. The molecular weight excluding hydrogens is 216 g/mol. The maximum Gasteiger partial charge on any atom is 0.242 e. The van der Waals surface area contributed by atoms with Gasteiger partial charge in [0.15, 0.2) is 0 Å². The summed E-state index contributed by atoms with van der Waals surface area (Å²) in [6.45, 7) is 0.692. The number of allylic oxidation sites excluding steroid dienone is 1. The summed E-state index contributed by atoms with van der Waals surface area (Å²) < 4.78 is 0. The van der Waals surface area contributed by atoms with Gasteiger partial charge in [0, 0.05) is 13.0 Å². The van der Waals surface area contributed by atoms with Gasteiger partial charge in [-0.3, -0.25) is 9.59 Å². The van der Waals surface area contributed by atoms with Crippen LogP contribution in [-0.2, 0) is 9.59 Å². The van der Waals surface area contributed by atoms with Gasteiger partial charge in [-0.05, 0) is 38.5 Å². The van der Waals surface area contributed by atoms with Crippen molar-refractivity contribution in [1.29, 1.82) is 0 Å². The van der Waals surface area contributed by atoms with E-state index < -0.39 is 0 Å². The largest absolute Gasteiger partial charge is 0.354 e. The van der Waals surface area contributed by atoms with Crippen LogP contribution >= 0.6 is 0 Å². The second kappa shape index (κ2) is 5.84. The first-order valence-electron chi connectivity index (χ1n) is 6.50. The third-order valence-electron chi connectivity index (χ3n) is 3.44. The van der Waals surface area contributed by atoms with Gasteiger partial charge < -0.3 is 10.6 Å². The Morgan fingerprint density at radius 1 is 1.41 bits per heavy atom. The maximum atomic E-state index is 11.7. The van der Waals surface area contributed by atoms with E-state index in [1.54, 1.807) is 0 Å². The third kappa shape index (κ3) is 3.58. The van der Waals surface area contributed by atoms with Crippen molar-refractivity contribution in [2.24, 2.45) is 0 Å². The molecule has 2 aliphatic rings. The quantitative estimate of drug-likeness (QED) is 0.722. The van der Waals surface area contributed by atoms with Crippen LogP contribution in [0.15, 0.2) is 11.6 Å². The second-order valence-electron chi connectivity index (χ2n) is 4.81. The number of nitrogens with one attached hydrogen (secondary N) is 2. The highest BCUT2D eigenvalue weighted by Gasteiger charge is 2.26. The van der Waals surface area contributed by atoms with Crippen LogP contribution in [0.2, 0.25) is 0 Å². The lowest BCUT2D eigenvalue weighted by Crippen LogP contribution is -2.41. The van der Waals surface area contributed by atoms with Crippen molar-refractivity contribution in [1.82, 2.24) is 10.6 Å². The lowest BCUT2D eigenvalue weighted by atomic mass is 9.97. The second-order valence-corrected chi connectivity index (χ2v) is 4.81. The summed E-state index contributed by atoms with van der Waals surface area (Å²) in [5.74, 6) is -0.0487. The fourth-order valence-corrected chi connectivity index (χ4v) is 2.41. The molecule has 4 heteroatoms. The lowest BCUT2D eigenvalue weighted by molar-refractivity contribution is -0.125. The van der Waals surface area contributed by atoms with Gasteiger partial charge in [0.1, 0.15) is 6.04 Å². The summed E-state index contributed by atoms with van der Waals surface area (Å²) >= 11 is 0. The van der Waals surface area contributed by atoms with Gasteiger partial charge in [-0.25, -0.2) is 0 Å². The molecule has 0 spiro atoms. The van der Waals surface area contributed by atoms with Crippen molar-refractivity contribution in [2.45, 2.75) is 51.0 Å². The van der Waals surface area contributed by atoms with E-state index in [4.69, 9.17) is 0 Å². The summed E-state index contributed by atoms with van der Waals surface area (Å²) in [4.78, 5) is 22.7. The van der Waals surface area contributed by atoms with Gasteiger partial charge in [-0.2, -0.15) is 0 Å². The van der Waals surface area contributed by atoms with Gasteiger partial charge in [0.25, 0.3) is 0 Å². The van der Waals surface area contributed by atoms with Crippen LogP contribution < -0.4 is 10.6 Å². The topological polar surface area (TPSA) is 58.2 Å². The zero-order chi connectivity index (χ0) is 12.1. The first kappa shape index (κ1) is 12.1. The molecule has 0 aromatic heterocycles. The summed E-state index contributed by atoms with van der Waals surface area (Å²) in [5, 5.41) is 5.57. The summed E-state index contributed by atoms with van der Waals surface area (Å²) in [6.07, 6.45) is 9.29. The predicted octanol–water partition coefficient (Wildman–Crippen LogP) is 1.27. The highest BCUT2D eigenvalue weighted by Crippen LogP contribution is 2.19. The fourth-order valence-electron chi connectivity index (χ4n) is 2.41. The van der Waals surface area contributed by atoms with Gasteiger partial charge in [-0.15, -0.1) is 0 Å². The van der Waals surface area contributed by atoms with Crippen molar-refractivity contribution in [3.63, 3.8) is 0 Å². The number of hydrogen-bond acceptors (Lipinski definition) is 2. The third-order valence-corrected chi connectivity index (χ3v) is 3.44. The first-order valence-corrected chi connectivity index (χ1v) is 6.50. The summed E-state index contributed by atoms with van der Waals surface area (Å²) in [7, 11) is 0. The molecule has 2 amide bonds. The van der Waals surface area contributed by atoms with E-state index in [0.717, 1.165) is 6.42 Å². The molecule has 94 valence electrons. The van der Waals surface area contributed by atoms with Gasteiger partial charge in [0.2, 0.25) is 11.8 Å². The van der Waals surface area contributed by atoms with E-state index in [1.165, 1.54) is 31.3 Å². The van der Waals surface area contributed by atoms with Crippen molar-refractivity contribution < 1.29 is 9.59 Å². The zero-order valence-corrected chi connectivity index (χ0v) is 10.1. The standard InChI is InChI=1S/C13H20N2O2/c16-12-7-6-11(15-12)13(17)14-9-8-10-4-2-1-3-5-10/h4,11H,1-3,5-9H2,(H,14,17)(H,15,16)/t11-/m0/s1. The van der Waals surface area contributed by atoms with Crippen LogP contribution in [0.4, 0.5) is 0 Å². The van der Waals surface area contributed by atoms with Crippen molar-refractivity contribution in [3.05, 3.63) is 11.6 Å². The molecule has 2 rings (SSSR count). The number of rotatable bonds is 4. The van der Waals surface area contributed by atoms with Crippen molar-refractivity contribution in [2.75, 3.05) is 6.54 Å². The Bertz CT molecular complexity index is 336. The molecule has 4 nitrogen and oxygen atoms in total. The fraction of sp³-hybridized carbons (Fsp3) is 0.692. The van der Waals surface area contributed by atoms with Crippen LogP contribution in [0.3, 0.4) is 0 Å². The Morgan fingerprint density at radius 3 is 2.94 bits per heavy atom. The highest BCUT2D eigenvalue weighted by molar-refractivity contribution is 5.90. The molecular formula is C13H20N2O2. The SMILES string of the molecule is O=C1CC[C@@H](C(=O)NCCC2=CCCCC2)N1. The number of amides is 2. The molecule has 0 aromatic rings. The van der Waals surface area contributed by atoms with Crippen LogP contribution in [-0.4, -0.2) is 24.4 Å². The highest BCUT2D eigenvalue weighted by atomic mass is 16.2. The average molecular weight is 236 g/mol. The molecule has 17 heavy (non-hydrogen) atoms. The molecule has 0 bridgehead atoms. The average Bonchev–Trinajstić information content (AvgIpc) is 2.77. The molecule has 1 heterocycles. The van der Waals surface area contributed by atoms with Crippen molar-refractivity contribution in [3.8, 4) is 0 Å². The minimum atomic E-state index is -0.303. The van der Waals surface area contributed by atoms with E-state index in [1.807, 2.05) is 0 Å². The normalized spacial score (nSPS) is 24.1. The molecule has 1 fully saturated rings. The molecule has 1 saturated heterocycles. The van der Waals surface area contributed by atoms with Crippen LogP contribution in [0.25, 0.3) is 0 Å². The Hall–Kier alpha value is -1.32. The van der Waals surface area contributed by atoms with Gasteiger partial charge >= 0.3 is 0 Å². The molecule has 0 radical (unpaired) electrons. The minimum absolute atomic E-state index is 0.0138. The Labute approximate surface area is 102 Å². The molecule has 0 unspecified atom stereocenters. The maximum absolute atomic E-state index is 11.7. The van der Waals surface area contributed by atoms with Gasteiger partial charge in [-0.1, -0.05) is 11.6 Å². The van der Waals surface area contributed by atoms with E-state index in [9.17, 15) is 9.59 Å². The number of carbonyl (C=O) groups excluding carboxylic acids is 2. The number of carbonyl (C=O) groups is 2. The Morgan fingerprint density at radius 2 is 2.29 bits per heavy atom. The smallest absolute Gasteiger partial charge is 0.242 e.